The van der Waals surface area contributed by atoms with Gasteiger partial charge in [-0.25, -0.2) is 13.8 Å². The number of fused-ring (bicyclic) bond motifs is 2. The molecule has 1 aliphatic heterocycles. The van der Waals surface area contributed by atoms with Gasteiger partial charge >= 0.3 is 0 Å². The molecule has 1 aliphatic carbocycles. The Morgan fingerprint density at radius 2 is 1.92 bits per heavy atom. The lowest BCUT2D eigenvalue weighted by molar-refractivity contribution is 0.337. The number of phenolic OH excluding ortho intramolecular Hbond substituents is 1. The van der Waals surface area contributed by atoms with Gasteiger partial charge in [-0.05, 0) is 67.5 Å². The molecule has 1 fully saturated rings. The van der Waals surface area contributed by atoms with Crippen LogP contribution in [0, 0.1) is 24.5 Å². The molecule has 7 heteroatoms. The number of halogens is 3. The third-order valence-electron chi connectivity index (χ3n) is 7.35. The molecule has 0 spiro atoms. The number of hydrogen-bond acceptors (Lipinski definition) is 4. The second-order valence-electron chi connectivity index (χ2n) is 10.1. The first-order valence-electron chi connectivity index (χ1n) is 12.2. The highest BCUT2D eigenvalue weighted by Gasteiger charge is 2.36. The van der Waals surface area contributed by atoms with Crippen LogP contribution >= 0.6 is 11.6 Å². The van der Waals surface area contributed by atoms with Crippen LogP contribution in [-0.4, -0.2) is 21.7 Å². The average Bonchev–Trinajstić information content (AvgIpc) is 3.61. The number of phenols is 1. The van der Waals surface area contributed by atoms with E-state index in [2.05, 4.69) is 30.1 Å². The average molecular weight is 507 g/mol. The Bertz CT molecular complexity index is 1520. The second-order valence-corrected chi connectivity index (χ2v) is 10.5. The fraction of sp³-hybridized carbons (Fsp3) is 0.310. The Morgan fingerprint density at radius 1 is 1.11 bits per heavy atom. The third kappa shape index (κ3) is 4.07. The molecule has 184 valence electrons. The molecule has 0 saturated heterocycles. The summed E-state index contributed by atoms with van der Waals surface area (Å²) in [6.07, 6.45) is 4.65. The van der Waals surface area contributed by atoms with Crippen molar-refractivity contribution >= 4 is 22.5 Å². The Balaban J connectivity index is 1.46. The van der Waals surface area contributed by atoms with Gasteiger partial charge < -0.3 is 9.84 Å². The zero-order chi connectivity index (χ0) is 25.1. The van der Waals surface area contributed by atoms with E-state index in [0.717, 1.165) is 53.1 Å². The van der Waals surface area contributed by atoms with Crippen molar-refractivity contribution in [1.82, 2.24) is 9.97 Å². The maximum atomic E-state index is 14.9. The zero-order valence-corrected chi connectivity index (χ0v) is 20.7. The highest BCUT2D eigenvalue weighted by molar-refractivity contribution is 6.31. The molecule has 0 amide bonds. The van der Waals surface area contributed by atoms with Crippen molar-refractivity contribution < 1.29 is 18.6 Å². The first-order valence-corrected chi connectivity index (χ1v) is 12.6. The van der Waals surface area contributed by atoms with Gasteiger partial charge in [0, 0.05) is 46.3 Å². The standard InChI is InChI=1S/C29H25ClF2N2O2/c1-14-5-16(6-18-8-19(30)12-33-27(14)18)7-21(17-3-4-17)25-9-20-15(2)13-36-29(20)28(34-25)22-10-26(35)24(32)11-23(22)31/h5-6,8-12,15,17,21,35H,3-4,7,13H2,1-2H3. The third-order valence-corrected chi connectivity index (χ3v) is 7.56. The van der Waals surface area contributed by atoms with Crippen LogP contribution < -0.4 is 4.74 Å². The molecule has 0 bridgehead atoms. The summed E-state index contributed by atoms with van der Waals surface area (Å²) in [7, 11) is 0. The maximum absolute atomic E-state index is 14.9. The number of nitrogens with zero attached hydrogens (tertiary/aromatic N) is 2. The molecule has 4 aromatic rings. The molecule has 6 rings (SSSR count). The van der Waals surface area contributed by atoms with Crippen molar-refractivity contribution in [2.45, 2.75) is 44.9 Å². The molecule has 2 aliphatic rings. The highest BCUT2D eigenvalue weighted by atomic mass is 35.5. The van der Waals surface area contributed by atoms with Crippen molar-refractivity contribution in [2.24, 2.45) is 5.92 Å². The summed E-state index contributed by atoms with van der Waals surface area (Å²) in [4.78, 5) is 9.38. The van der Waals surface area contributed by atoms with E-state index in [-0.39, 0.29) is 17.4 Å². The zero-order valence-electron chi connectivity index (χ0n) is 20.0. The number of rotatable bonds is 5. The van der Waals surface area contributed by atoms with Crippen LogP contribution in [0.4, 0.5) is 8.78 Å². The molecule has 1 N–H and O–H groups in total. The van der Waals surface area contributed by atoms with Crippen LogP contribution in [-0.2, 0) is 6.42 Å². The minimum atomic E-state index is -1.00. The number of aryl methyl sites for hydroxylation is 1. The predicted molar refractivity (Wildman–Crippen MR) is 136 cm³/mol. The van der Waals surface area contributed by atoms with Crippen LogP contribution in [0.25, 0.3) is 22.2 Å². The Hall–Kier alpha value is -3.25. The van der Waals surface area contributed by atoms with E-state index in [1.165, 1.54) is 5.56 Å². The van der Waals surface area contributed by atoms with E-state index >= 15 is 0 Å². The number of pyridine rings is 2. The van der Waals surface area contributed by atoms with Crippen LogP contribution in [0.3, 0.4) is 0 Å². The molecular formula is C29H25ClF2N2O2. The van der Waals surface area contributed by atoms with Crippen LogP contribution in [0.1, 0.15) is 54.0 Å². The lowest BCUT2D eigenvalue weighted by atomic mass is 9.88. The van der Waals surface area contributed by atoms with E-state index in [1.807, 2.05) is 13.0 Å². The van der Waals surface area contributed by atoms with Gasteiger partial charge in [0.15, 0.2) is 11.6 Å². The van der Waals surface area contributed by atoms with Gasteiger partial charge in [0.25, 0.3) is 0 Å². The Morgan fingerprint density at radius 3 is 2.69 bits per heavy atom. The van der Waals surface area contributed by atoms with Crippen molar-refractivity contribution in [3.05, 3.63) is 81.6 Å². The fourth-order valence-electron chi connectivity index (χ4n) is 5.35. The van der Waals surface area contributed by atoms with Gasteiger partial charge in [-0.15, -0.1) is 0 Å². The van der Waals surface area contributed by atoms with Crippen LogP contribution in [0.2, 0.25) is 5.02 Å². The number of ether oxygens (including phenoxy) is 1. The minimum Gasteiger partial charge on any atom is -0.505 e. The Kier molecular flexibility index (Phi) is 5.60. The first-order chi connectivity index (χ1) is 17.3. The van der Waals surface area contributed by atoms with Gasteiger partial charge in [-0.2, -0.15) is 0 Å². The molecule has 4 nitrogen and oxygen atoms in total. The SMILES string of the molecule is Cc1cc(CC(c2cc3c(c(-c4cc(O)c(F)cc4F)n2)OCC3C)C2CC2)cc2cc(Cl)cnc12. The molecule has 1 saturated carbocycles. The van der Waals surface area contributed by atoms with Crippen LogP contribution in [0.5, 0.6) is 11.5 Å². The highest BCUT2D eigenvalue weighted by Crippen LogP contribution is 2.48. The molecular weight excluding hydrogens is 482 g/mol. The molecule has 2 aromatic heterocycles. The van der Waals surface area contributed by atoms with Crippen molar-refractivity contribution in [3.63, 3.8) is 0 Å². The summed E-state index contributed by atoms with van der Waals surface area (Å²) in [6.45, 7) is 4.58. The monoisotopic (exact) mass is 506 g/mol. The van der Waals surface area contributed by atoms with Gasteiger partial charge in [0.05, 0.1) is 17.1 Å². The molecule has 3 heterocycles. The maximum Gasteiger partial charge on any atom is 0.167 e. The van der Waals surface area contributed by atoms with E-state index in [4.69, 9.17) is 21.3 Å². The van der Waals surface area contributed by atoms with Crippen molar-refractivity contribution in [2.75, 3.05) is 6.61 Å². The number of benzene rings is 2. The van der Waals surface area contributed by atoms with Gasteiger partial charge in [0.2, 0.25) is 0 Å². The summed E-state index contributed by atoms with van der Waals surface area (Å²) in [5.41, 5.74) is 5.38. The first kappa shape index (κ1) is 23.2. The Labute approximate surface area is 212 Å². The van der Waals surface area contributed by atoms with Gasteiger partial charge in [-0.3, -0.25) is 4.98 Å². The minimum absolute atomic E-state index is 0.0397. The van der Waals surface area contributed by atoms with Gasteiger partial charge in [-0.1, -0.05) is 24.6 Å². The lowest BCUT2D eigenvalue weighted by Gasteiger charge is -2.20. The largest absolute Gasteiger partial charge is 0.505 e. The molecule has 0 radical (unpaired) electrons. The molecule has 2 aromatic carbocycles. The summed E-state index contributed by atoms with van der Waals surface area (Å²) in [5.74, 6) is -1.17. The van der Waals surface area contributed by atoms with Crippen molar-refractivity contribution in [3.8, 4) is 22.8 Å². The smallest absolute Gasteiger partial charge is 0.167 e. The number of aromatic hydroxyl groups is 1. The van der Waals surface area contributed by atoms with Crippen LogP contribution in [0.15, 0.2) is 42.6 Å². The number of aromatic nitrogens is 2. The number of hydrogen-bond donors (Lipinski definition) is 1. The molecule has 2 atom stereocenters. The van der Waals surface area contributed by atoms with E-state index in [1.54, 1.807) is 6.20 Å². The summed E-state index contributed by atoms with van der Waals surface area (Å²) >= 11 is 6.21. The summed E-state index contributed by atoms with van der Waals surface area (Å²) in [5, 5.41) is 11.6. The molecule has 36 heavy (non-hydrogen) atoms. The van der Waals surface area contributed by atoms with E-state index in [9.17, 15) is 13.9 Å². The lowest BCUT2D eigenvalue weighted by Crippen LogP contribution is -2.10. The summed E-state index contributed by atoms with van der Waals surface area (Å²) in [6, 6.07) is 10.1. The molecule has 2 unspecified atom stereocenters. The quantitative estimate of drug-likeness (QED) is 0.305. The van der Waals surface area contributed by atoms with E-state index < -0.39 is 17.4 Å². The predicted octanol–water partition coefficient (Wildman–Crippen LogP) is 7.47. The summed E-state index contributed by atoms with van der Waals surface area (Å²) < 4.78 is 34.6. The second kappa shape index (κ2) is 8.70. The van der Waals surface area contributed by atoms with Crippen molar-refractivity contribution in [1.29, 1.82) is 0 Å². The topological polar surface area (TPSA) is 55.2 Å². The normalized spacial score (nSPS) is 17.8. The van der Waals surface area contributed by atoms with Gasteiger partial charge in [0.1, 0.15) is 17.3 Å². The van der Waals surface area contributed by atoms with E-state index in [0.29, 0.717) is 35.1 Å². The fourth-order valence-corrected chi connectivity index (χ4v) is 5.51.